The summed E-state index contributed by atoms with van der Waals surface area (Å²) in [5.74, 6) is 1.08. The first-order chi connectivity index (χ1) is 13.1. The van der Waals surface area contributed by atoms with Crippen LogP contribution in [0.4, 0.5) is 5.69 Å². The second kappa shape index (κ2) is 7.52. The Morgan fingerprint density at radius 2 is 1.96 bits per heavy atom. The Balaban J connectivity index is 1.49. The highest BCUT2D eigenvalue weighted by Gasteiger charge is 2.30. The standard InChI is InChI=1S/C20H21N5OS/c1-13-5-3-6-14(2)18(13)22-17(26)12-27-20-24-23-19(25(20)16-8-9-16)15-7-4-10-21-11-15/h3-7,10-11,16H,8-9,12H2,1-2H3,(H,22,26). The van der Waals surface area contributed by atoms with Crippen molar-refractivity contribution in [2.24, 2.45) is 0 Å². The van der Waals surface area contributed by atoms with Gasteiger partial charge in [-0.25, -0.2) is 0 Å². The van der Waals surface area contributed by atoms with Crippen LogP contribution in [0, 0.1) is 13.8 Å². The molecule has 27 heavy (non-hydrogen) atoms. The molecule has 138 valence electrons. The van der Waals surface area contributed by atoms with E-state index in [0.29, 0.717) is 11.8 Å². The highest BCUT2D eigenvalue weighted by Crippen LogP contribution is 2.40. The Labute approximate surface area is 162 Å². The molecule has 4 rings (SSSR count). The maximum Gasteiger partial charge on any atom is 0.234 e. The number of carbonyl (C=O) groups is 1. The quantitative estimate of drug-likeness (QED) is 0.655. The van der Waals surface area contributed by atoms with E-state index in [0.717, 1.165) is 46.2 Å². The summed E-state index contributed by atoms with van der Waals surface area (Å²) >= 11 is 1.43. The molecule has 1 saturated carbocycles. The van der Waals surface area contributed by atoms with Crippen LogP contribution in [-0.2, 0) is 4.79 Å². The second-order valence-electron chi connectivity index (χ2n) is 6.75. The van der Waals surface area contributed by atoms with Crippen molar-refractivity contribution in [3.05, 3.63) is 53.9 Å². The van der Waals surface area contributed by atoms with E-state index in [1.165, 1.54) is 11.8 Å². The molecule has 0 bridgehead atoms. The maximum atomic E-state index is 12.5. The fourth-order valence-corrected chi connectivity index (χ4v) is 3.85. The Morgan fingerprint density at radius 1 is 1.19 bits per heavy atom. The molecule has 1 N–H and O–H groups in total. The van der Waals surface area contributed by atoms with E-state index in [4.69, 9.17) is 0 Å². The van der Waals surface area contributed by atoms with Gasteiger partial charge in [0.25, 0.3) is 0 Å². The van der Waals surface area contributed by atoms with E-state index < -0.39 is 0 Å². The minimum absolute atomic E-state index is 0.0364. The van der Waals surface area contributed by atoms with Crippen LogP contribution in [0.2, 0.25) is 0 Å². The monoisotopic (exact) mass is 379 g/mol. The summed E-state index contributed by atoms with van der Waals surface area (Å²) in [5.41, 5.74) is 3.97. The summed E-state index contributed by atoms with van der Waals surface area (Å²) in [4.78, 5) is 16.6. The molecular formula is C20H21N5OS. The third-order valence-electron chi connectivity index (χ3n) is 4.57. The lowest BCUT2D eigenvalue weighted by molar-refractivity contribution is -0.113. The van der Waals surface area contributed by atoms with Gasteiger partial charge >= 0.3 is 0 Å². The van der Waals surface area contributed by atoms with Gasteiger partial charge in [-0.2, -0.15) is 0 Å². The van der Waals surface area contributed by atoms with Gasteiger partial charge in [-0.3, -0.25) is 14.3 Å². The number of pyridine rings is 1. The summed E-state index contributed by atoms with van der Waals surface area (Å²) in [5, 5.41) is 12.5. The highest BCUT2D eigenvalue weighted by atomic mass is 32.2. The SMILES string of the molecule is Cc1cccc(C)c1NC(=O)CSc1nnc(-c2cccnc2)n1C1CC1. The number of hydrogen-bond acceptors (Lipinski definition) is 5. The van der Waals surface area contributed by atoms with Crippen molar-refractivity contribution in [2.45, 2.75) is 37.9 Å². The zero-order valence-electron chi connectivity index (χ0n) is 15.3. The number of thioether (sulfide) groups is 1. The van der Waals surface area contributed by atoms with E-state index >= 15 is 0 Å². The third kappa shape index (κ3) is 3.88. The number of carbonyl (C=O) groups excluding carboxylic acids is 1. The Morgan fingerprint density at radius 3 is 2.63 bits per heavy atom. The van der Waals surface area contributed by atoms with Crippen molar-refractivity contribution in [3.63, 3.8) is 0 Å². The van der Waals surface area contributed by atoms with Crippen LogP contribution in [0.25, 0.3) is 11.4 Å². The van der Waals surface area contributed by atoms with Crippen LogP contribution >= 0.6 is 11.8 Å². The molecule has 1 aliphatic carbocycles. The molecule has 3 aromatic rings. The zero-order chi connectivity index (χ0) is 18.8. The molecular weight excluding hydrogens is 358 g/mol. The molecule has 0 radical (unpaired) electrons. The van der Waals surface area contributed by atoms with Crippen molar-refractivity contribution in [3.8, 4) is 11.4 Å². The van der Waals surface area contributed by atoms with Crippen LogP contribution in [0.15, 0.2) is 47.9 Å². The minimum Gasteiger partial charge on any atom is -0.325 e. The molecule has 0 unspecified atom stereocenters. The predicted molar refractivity (Wildman–Crippen MR) is 107 cm³/mol. The summed E-state index contributed by atoms with van der Waals surface area (Å²) < 4.78 is 2.15. The highest BCUT2D eigenvalue weighted by molar-refractivity contribution is 7.99. The van der Waals surface area contributed by atoms with Crippen molar-refractivity contribution >= 4 is 23.4 Å². The number of benzene rings is 1. The van der Waals surface area contributed by atoms with Gasteiger partial charge < -0.3 is 5.32 Å². The summed E-state index contributed by atoms with van der Waals surface area (Å²) in [6, 6.07) is 10.3. The van der Waals surface area contributed by atoms with Gasteiger partial charge in [-0.05, 0) is 49.9 Å². The van der Waals surface area contributed by atoms with Crippen molar-refractivity contribution in [2.75, 3.05) is 11.1 Å². The van der Waals surface area contributed by atoms with Gasteiger partial charge in [0.1, 0.15) is 0 Å². The first-order valence-corrected chi connectivity index (χ1v) is 9.96. The van der Waals surface area contributed by atoms with E-state index in [2.05, 4.69) is 25.1 Å². The first kappa shape index (κ1) is 17.7. The van der Waals surface area contributed by atoms with Gasteiger partial charge in [0.2, 0.25) is 5.91 Å². The number of nitrogens with zero attached hydrogens (tertiary/aromatic N) is 4. The number of rotatable bonds is 6. The second-order valence-corrected chi connectivity index (χ2v) is 7.70. The Hall–Kier alpha value is -2.67. The van der Waals surface area contributed by atoms with Crippen molar-refractivity contribution < 1.29 is 4.79 Å². The normalized spacial score (nSPS) is 13.6. The zero-order valence-corrected chi connectivity index (χ0v) is 16.2. The number of anilines is 1. The lowest BCUT2D eigenvalue weighted by Crippen LogP contribution is -2.16. The van der Waals surface area contributed by atoms with Crippen LogP contribution in [0.1, 0.15) is 30.0 Å². The lowest BCUT2D eigenvalue weighted by Gasteiger charge is -2.12. The Kier molecular flexibility index (Phi) is 4.94. The summed E-state index contributed by atoms with van der Waals surface area (Å²) in [6.45, 7) is 4.00. The fraction of sp³-hybridized carbons (Fsp3) is 0.300. The molecule has 0 spiro atoms. The molecule has 1 aromatic carbocycles. The van der Waals surface area contributed by atoms with Crippen LogP contribution in [0.5, 0.6) is 0 Å². The number of para-hydroxylation sites is 1. The smallest absolute Gasteiger partial charge is 0.234 e. The molecule has 0 aliphatic heterocycles. The average molecular weight is 379 g/mol. The molecule has 0 atom stereocenters. The van der Waals surface area contributed by atoms with E-state index in [1.54, 1.807) is 12.4 Å². The molecule has 6 nitrogen and oxygen atoms in total. The predicted octanol–water partition coefficient (Wildman–Crippen LogP) is 4.02. The topological polar surface area (TPSA) is 72.7 Å². The van der Waals surface area contributed by atoms with Gasteiger partial charge in [-0.1, -0.05) is 30.0 Å². The number of aromatic nitrogens is 4. The van der Waals surface area contributed by atoms with Gasteiger partial charge in [0.05, 0.1) is 5.75 Å². The molecule has 7 heteroatoms. The average Bonchev–Trinajstić information content (AvgIpc) is 3.43. The third-order valence-corrected chi connectivity index (χ3v) is 5.52. The summed E-state index contributed by atoms with van der Waals surface area (Å²) in [7, 11) is 0. The molecule has 1 amide bonds. The number of hydrogen-bond donors (Lipinski definition) is 1. The minimum atomic E-state index is -0.0364. The molecule has 2 aromatic heterocycles. The number of amides is 1. The van der Waals surface area contributed by atoms with Gasteiger partial charge in [0.15, 0.2) is 11.0 Å². The van der Waals surface area contributed by atoms with Crippen LogP contribution in [-0.4, -0.2) is 31.4 Å². The number of aryl methyl sites for hydroxylation is 2. The maximum absolute atomic E-state index is 12.5. The number of nitrogens with one attached hydrogen (secondary N) is 1. The largest absolute Gasteiger partial charge is 0.325 e. The van der Waals surface area contributed by atoms with Crippen molar-refractivity contribution in [1.29, 1.82) is 0 Å². The molecule has 1 aliphatic rings. The van der Waals surface area contributed by atoms with E-state index in [-0.39, 0.29) is 5.91 Å². The van der Waals surface area contributed by atoms with Crippen LogP contribution < -0.4 is 5.32 Å². The van der Waals surface area contributed by atoms with Gasteiger partial charge in [-0.15, -0.1) is 10.2 Å². The molecule has 1 fully saturated rings. The fourth-order valence-electron chi connectivity index (χ4n) is 3.05. The molecule has 2 heterocycles. The molecule has 0 saturated heterocycles. The first-order valence-electron chi connectivity index (χ1n) is 8.97. The summed E-state index contributed by atoms with van der Waals surface area (Å²) in [6.07, 6.45) is 5.78. The van der Waals surface area contributed by atoms with E-state index in [1.807, 2.05) is 44.2 Å². The Bertz CT molecular complexity index is 946. The van der Waals surface area contributed by atoms with Crippen LogP contribution in [0.3, 0.4) is 0 Å². The van der Waals surface area contributed by atoms with E-state index in [9.17, 15) is 4.79 Å². The lowest BCUT2D eigenvalue weighted by atomic mass is 10.1. The van der Waals surface area contributed by atoms with Crippen molar-refractivity contribution in [1.82, 2.24) is 19.7 Å². The van der Waals surface area contributed by atoms with Gasteiger partial charge in [0, 0.05) is 29.7 Å².